The molecular weight excluding hydrogens is 258 g/mol. The lowest BCUT2D eigenvalue weighted by atomic mass is 10.2. The molecule has 2 aromatic rings. The first kappa shape index (κ1) is 13.3. The third kappa shape index (κ3) is 2.60. The number of nitrogens with zero attached hydrogens (tertiary/aromatic N) is 1. The number of para-hydroxylation sites is 1. The molecule has 1 aromatic carbocycles. The lowest BCUT2D eigenvalue weighted by Crippen LogP contribution is -2.49. The minimum Gasteiger partial charge on any atom is -0.453 e. The van der Waals surface area contributed by atoms with Gasteiger partial charge in [0.15, 0.2) is 5.76 Å². The molecule has 106 valence electrons. The highest BCUT2D eigenvalue weighted by Crippen LogP contribution is 2.19. The van der Waals surface area contributed by atoms with Crippen molar-refractivity contribution in [3.63, 3.8) is 0 Å². The van der Waals surface area contributed by atoms with E-state index < -0.39 is 0 Å². The van der Waals surface area contributed by atoms with E-state index in [0.29, 0.717) is 25.5 Å². The van der Waals surface area contributed by atoms with E-state index >= 15 is 0 Å². The van der Waals surface area contributed by atoms with Gasteiger partial charge in [0, 0.05) is 11.9 Å². The average molecular weight is 275 g/mol. The number of aliphatic hydroxyl groups is 1. The summed E-state index contributed by atoms with van der Waals surface area (Å²) >= 11 is 0. The maximum Gasteiger partial charge on any atom is 0.211 e. The number of hydrogen-bond acceptors (Lipinski definition) is 5. The van der Waals surface area contributed by atoms with Gasteiger partial charge in [-0.3, -0.25) is 9.69 Å². The smallest absolute Gasteiger partial charge is 0.211 e. The summed E-state index contributed by atoms with van der Waals surface area (Å²) in [6, 6.07) is 9.21. The summed E-state index contributed by atoms with van der Waals surface area (Å²) in [5, 5.41) is 10.2. The first-order chi connectivity index (χ1) is 9.78. The molecule has 1 aliphatic rings. The van der Waals surface area contributed by atoms with E-state index in [0.717, 1.165) is 11.0 Å². The summed E-state index contributed by atoms with van der Waals surface area (Å²) in [4.78, 5) is 14.2. The van der Waals surface area contributed by atoms with Gasteiger partial charge in [-0.15, -0.1) is 0 Å². The van der Waals surface area contributed by atoms with Crippen molar-refractivity contribution < 1.29 is 19.1 Å². The monoisotopic (exact) mass is 275 g/mol. The van der Waals surface area contributed by atoms with Gasteiger partial charge in [-0.25, -0.2) is 0 Å². The molecule has 5 heteroatoms. The summed E-state index contributed by atoms with van der Waals surface area (Å²) in [6.45, 7) is 1.94. The van der Waals surface area contributed by atoms with Gasteiger partial charge in [0.1, 0.15) is 5.58 Å². The van der Waals surface area contributed by atoms with Crippen LogP contribution in [0.3, 0.4) is 0 Å². The molecule has 2 heterocycles. The molecule has 1 fully saturated rings. The quantitative estimate of drug-likeness (QED) is 0.852. The van der Waals surface area contributed by atoms with Gasteiger partial charge in [-0.2, -0.15) is 0 Å². The van der Waals surface area contributed by atoms with Gasteiger partial charge in [0.2, 0.25) is 5.78 Å². The van der Waals surface area contributed by atoms with E-state index in [9.17, 15) is 9.90 Å². The van der Waals surface area contributed by atoms with Crippen LogP contribution in [0.1, 0.15) is 10.6 Å². The summed E-state index contributed by atoms with van der Waals surface area (Å²) in [6.07, 6.45) is 0. The lowest BCUT2D eigenvalue weighted by Gasteiger charge is -2.33. The molecule has 20 heavy (non-hydrogen) atoms. The molecule has 1 saturated heterocycles. The van der Waals surface area contributed by atoms with Crippen molar-refractivity contribution in [2.24, 2.45) is 0 Å². The zero-order chi connectivity index (χ0) is 13.9. The maximum absolute atomic E-state index is 12.3. The van der Waals surface area contributed by atoms with Crippen molar-refractivity contribution in [1.29, 1.82) is 0 Å². The molecule has 3 rings (SSSR count). The summed E-state index contributed by atoms with van der Waals surface area (Å²) in [7, 11) is 0. The summed E-state index contributed by atoms with van der Waals surface area (Å²) in [5.41, 5.74) is 0.719. The second kappa shape index (κ2) is 5.75. The Hall–Kier alpha value is -1.69. The topological polar surface area (TPSA) is 62.9 Å². The molecule has 1 aliphatic heterocycles. The largest absolute Gasteiger partial charge is 0.453 e. The number of carbonyl (C=O) groups is 1. The Morgan fingerprint density at radius 2 is 2.25 bits per heavy atom. The minimum absolute atomic E-state index is 0.00654. The van der Waals surface area contributed by atoms with E-state index in [2.05, 4.69) is 0 Å². The van der Waals surface area contributed by atoms with Crippen LogP contribution in [0, 0.1) is 0 Å². The number of morpholine rings is 1. The number of Topliss-reactive ketones (excluding diaryl/α,β-unsaturated/α-hetero) is 1. The Balaban J connectivity index is 1.75. The van der Waals surface area contributed by atoms with Gasteiger partial charge in [0.05, 0.1) is 32.4 Å². The van der Waals surface area contributed by atoms with Gasteiger partial charge in [0.25, 0.3) is 0 Å². The van der Waals surface area contributed by atoms with Crippen LogP contribution in [0.15, 0.2) is 34.7 Å². The minimum atomic E-state index is -0.114. The molecule has 0 amide bonds. The van der Waals surface area contributed by atoms with Crippen LogP contribution in [0.2, 0.25) is 0 Å². The molecule has 5 nitrogen and oxygen atoms in total. The molecule has 1 N–H and O–H groups in total. The predicted molar refractivity (Wildman–Crippen MR) is 73.8 cm³/mol. The second-order valence-corrected chi connectivity index (χ2v) is 4.95. The predicted octanol–water partition coefficient (Wildman–Crippen LogP) is 1.31. The number of ketones is 1. The van der Waals surface area contributed by atoms with Gasteiger partial charge < -0.3 is 14.3 Å². The standard InChI is InChI=1S/C15H17NO4/c17-9-12-10-19-6-5-16(12)8-13(18)15-7-11-3-1-2-4-14(11)20-15/h1-4,7,12,17H,5-6,8-10H2. The number of hydrogen-bond donors (Lipinski definition) is 1. The van der Waals surface area contributed by atoms with Crippen LogP contribution in [0.4, 0.5) is 0 Å². The Morgan fingerprint density at radius 1 is 1.40 bits per heavy atom. The van der Waals surface area contributed by atoms with Crippen LogP contribution in [0.25, 0.3) is 11.0 Å². The van der Waals surface area contributed by atoms with Crippen molar-refractivity contribution >= 4 is 16.8 Å². The number of fused-ring (bicyclic) bond motifs is 1. The lowest BCUT2D eigenvalue weighted by molar-refractivity contribution is -0.0243. The Kier molecular flexibility index (Phi) is 3.82. The first-order valence-electron chi connectivity index (χ1n) is 6.72. The Labute approximate surface area is 116 Å². The molecular formula is C15H17NO4. The summed E-state index contributed by atoms with van der Waals surface area (Å²) in [5.74, 6) is 0.302. The third-order valence-corrected chi connectivity index (χ3v) is 3.61. The molecule has 1 atom stereocenters. The van der Waals surface area contributed by atoms with Gasteiger partial charge in [-0.1, -0.05) is 18.2 Å². The molecule has 1 unspecified atom stereocenters. The first-order valence-corrected chi connectivity index (χ1v) is 6.72. The van der Waals surface area contributed by atoms with E-state index in [1.54, 1.807) is 6.07 Å². The van der Waals surface area contributed by atoms with Crippen LogP contribution < -0.4 is 0 Å². The van der Waals surface area contributed by atoms with Crippen molar-refractivity contribution in [2.45, 2.75) is 6.04 Å². The number of benzene rings is 1. The van der Waals surface area contributed by atoms with Crippen molar-refractivity contribution in [2.75, 3.05) is 32.9 Å². The number of carbonyl (C=O) groups excluding carboxylic acids is 1. The highest BCUT2D eigenvalue weighted by atomic mass is 16.5. The fourth-order valence-electron chi connectivity index (χ4n) is 2.45. The van der Waals surface area contributed by atoms with Crippen molar-refractivity contribution in [3.05, 3.63) is 36.1 Å². The molecule has 0 radical (unpaired) electrons. The van der Waals surface area contributed by atoms with Crippen LogP contribution >= 0.6 is 0 Å². The third-order valence-electron chi connectivity index (χ3n) is 3.61. The van der Waals surface area contributed by atoms with Crippen LogP contribution in [0.5, 0.6) is 0 Å². The number of furan rings is 1. The van der Waals surface area contributed by atoms with E-state index in [1.165, 1.54) is 0 Å². The summed E-state index contributed by atoms with van der Waals surface area (Å²) < 4.78 is 10.9. The van der Waals surface area contributed by atoms with E-state index in [1.807, 2.05) is 29.2 Å². The SMILES string of the molecule is O=C(CN1CCOCC1CO)c1cc2ccccc2o1. The Bertz CT molecular complexity index is 574. The molecule has 0 spiro atoms. The van der Waals surface area contributed by atoms with Crippen molar-refractivity contribution in [3.8, 4) is 0 Å². The van der Waals surface area contributed by atoms with Crippen LogP contribution in [-0.4, -0.2) is 54.7 Å². The highest BCUT2D eigenvalue weighted by Gasteiger charge is 2.25. The molecule has 1 aromatic heterocycles. The fraction of sp³-hybridized carbons (Fsp3) is 0.400. The molecule has 0 saturated carbocycles. The number of aliphatic hydroxyl groups excluding tert-OH is 1. The van der Waals surface area contributed by atoms with E-state index in [-0.39, 0.29) is 25.0 Å². The normalized spacial score (nSPS) is 20.4. The fourth-order valence-corrected chi connectivity index (χ4v) is 2.45. The zero-order valence-corrected chi connectivity index (χ0v) is 11.1. The van der Waals surface area contributed by atoms with Gasteiger partial charge in [-0.05, 0) is 12.1 Å². The average Bonchev–Trinajstić information content (AvgIpc) is 2.92. The second-order valence-electron chi connectivity index (χ2n) is 4.95. The zero-order valence-electron chi connectivity index (χ0n) is 11.1. The molecule has 0 bridgehead atoms. The molecule has 0 aliphatic carbocycles. The van der Waals surface area contributed by atoms with Crippen molar-refractivity contribution in [1.82, 2.24) is 4.90 Å². The Morgan fingerprint density at radius 3 is 3.05 bits per heavy atom. The number of rotatable bonds is 4. The number of ether oxygens (including phenoxy) is 1. The van der Waals surface area contributed by atoms with Gasteiger partial charge >= 0.3 is 0 Å². The maximum atomic E-state index is 12.3. The van der Waals surface area contributed by atoms with E-state index in [4.69, 9.17) is 9.15 Å². The highest BCUT2D eigenvalue weighted by molar-refractivity contribution is 5.98. The van der Waals surface area contributed by atoms with Crippen LogP contribution in [-0.2, 0) is 4.74 Å².